The summed E-state index contributed by atoms with van der Waals surface area (Å²) in [5, 5.41) is 11.6. The zero-order valence-corrected chi connectivity index (χ0v) is 10.6. The second kappa shape index (κ2) is 5.96. The number of rotatable bonds is 3. The van der Waals surface area contributed by atoms with Gasteiger partial charge in [-0.2, -0.15) is 0 Å². The van der Waals surface area contributed by atoms with E-state index in [0.29, 0.717) is 19.0 Å². The molecule has 7 heteroatoms. The first-order valence-electron chi connectivity index (χ1n) is 6.16. The lowest BCUT2D eigenvalue weighted by molar-refractivity contribution is -0.129. The Labute approximate surface area is 114 Å². The second-order valence-electron chi connectivity index (χ2n) is 4.59. The molecule has 0 radical (unpaired) electrons. The van der Waals surface area contributed by atoms with Crippen molar-refractivity contribution in [2.45, 2.75) is 12.5 Å². The summed E-state index contributed by atoms with van der Waals surface area (Å²) in [6.07, 6.45) is -0.0316. The Morgan fingerprint density at radius 1 is 1.40 bits per heavy atom. The van der Waals surface area contributed by atoms with E-state index >= 15 is 0 Å². The zero-order chi connectivity index (χ0) is 14.7. The Morgan fingerprint density at radius 2 is 2.15 bits per heavy atom. The summed E-state index contributed by atoms with van der Waals surface area (Å²) in [7, 11) is 0. The Bertz CT molecular complexity index is 536. The lowest BCUT2D eigenvalue weighted by atomic mass is 10.2. The molecule has 2 rings (SSSR count). The van der Waals surface area contributed by atoms with Gasteiger partial charge in [-0.1, -0.05) is 0 Å². The predicted molar refractivity (Wildman–Crippen MR) is 65.9 cm³/mol. The van der Waals surface area contributed by atoms with Gasteiger partial charge in [0, 0.05) is 19.2 Å². The Kier molecular flexibility index (Phi) is 4.29. The fourth-order valence-electron chi connectivity index (χ4n) is 2.00. The maximum atomic E-state index is 13.3. The van der Waals surface area contributed by atoms with Crippen LogP contribution < -0.4 is 5.32 Å². The second-order valence-corrected chi connectivity index (χ2v) is 4.59. The molecule has 2 N–H and O–H groups in total. The summed E-state index contributed by atoms with van der Waals surface area (Å²) in [5.74, 6) is -2.89. The lowest BCUT2D eigenvalue weighted by Gasteiger charge is -2.15. The van der Waals surface area contributed by atoms with Gasteiger partial charge in [-0.05, 0) is 18.6 Å². The Hall–Kier alpha value is -2.02. The first kappa shape index (κ1) is 14.4. The Balaban J connectivity index is 1.90. The third-order valence-electron chi connectivity index (χ3n) is 3.09. The largest absolute Gasteiger partial charge is 0.391 e. The fourth-order valence-corrected chi connectivity index (χ4v) is 2.00. The molecule has 5 nitrogen and oxygen atoms in total. The predicted octanol–water partition coefficient (Wildman–Crippen LogP) is 0.288. The van der Waals surface area contributed by atoms with Gasteiger partial charge in [0.05, 0.1) is 18.2 Å². The molecular formula is C13H14F2N2O3. The summed E-state index contributed by atoms with van der Waals surface area (Å²) in [6.45, 7) is 0.378. The van der Waals surface area contributed by atoms with Crippen molar-refractivity contribution in [1.29, 1.82) is 0 Å². The van der Waals surface area contributed by atoms with Crippen molar-refractivity contribution in [3.63, 3.8) is 0 Å². The van der Waals surface area contributed by atoms with Crippen molar-refractivity contribution < 1.29 is 23.5 Å². The monoisotopic (exact) mass is 284 g/mol. The van der Waals surface area contributed by atoms with Crippen molar-refractivity contribution in [3.05, 3.63) is 35.4 Å². The molecule has 1 aliphatic rings. The van der Waals surface area contributed by atoms with Crippen molar-refractivity contribution in [2.24, 2.45) is 0 Å². The van der Waals surface area contributed by atoms with Crippen LogP contribution in [0.1, 0.15) is 16.8 Å². The number of halogens is 2. The third-order valence-corrected chi connectivity index (χ3v) is 3.09. The van der Waals surface area contributed by atoms with Crippen LogP contribution in [-0.4, -0.2) is 47.6 Å². The quantitative estimate of drug-likeness (QED) is 0.838. The summed E-state index contributed by atoms with van der Waals surface area (Å²) < 4.78 is 26.1. The van der Waals surface area contributed by atoms with E-state index in [0.717, 1.165) is 12.1 Å². The SMILES string of the molecule is O=C(NCC(=O)N1CC[C@@H](O)C1)c1ccc(F)cc1F. The highest BCUT2D eigenvalue weighted by atomic mass is 19.1. The Morgan fingerprint density at radius 3 is 2.75 bits per heavy atom. The average molecular weight is 284 g/mol. The maximum absolute atomic E-state index is 13.3. The summed E-state index contributed by atoms with van der Waals surface area (Å²) in [5.41, 5.74) is -0.319. The van der Waals surface area contributed by atoms with Gasteiger partial charge in [-0.15, -0.1) is 0 Å². The molecule has 0 saturated carbocycles. The number of aliphatic hydroxyl groups excluding tert-OH is 1. The van der Waals surface area contributed by atoms with E-state index in [1.54, 1.807) is 0 Å². The number of nitrogens with one attached hydrogen (secondary N) is 1. The molecule has 0 unspecified atom stereocenters. The minimum atomic E-state index is -0.980. The average Bonchev–Trinajstić information content (AvgIpc) is 2.82. The van der Waals surface area contributed by atoms with Gasteiger partial charge < -0.3 is 15.3 Å². The lowest BCUT2D eigenvalue weighted by Crippen LogP contribution is -2.39. The van der Waals surface area contributed by atoms with Crippen LogP contribution in [0.15, 0.2) is 18.2 Å². The normalized spacial score (nSPS) is 18.1. The van der Waals surface area contributed by atoms with Gasteiger partial charge in [0.15, 0.2) is 0 Å². The van der Waals surface area contributed by atoms with E-state index in [-0.39, 0.29) is 24.6 Å². The number of hydrogen-bond acceptors (Lipinski definition) is 3. The minimum Gasteiger partial charge on any atom is -0.391 e. The van der Waals surface area contributed by atoms with E-state index in [1.807, 2.05) is 0 Å². The maximum Gasteiger partial charge on any atom is 0.254 e. The molecule has 1 aromatic carbocycles. The molecule has 1 saturated heterocycles. The summed E-state index contributed by atoms with van der Waals surface area (Å²) in [4.78, 5) is 24.8. The molecule has 20 heavy (non-hydrogen) atoms. The van der Waals surface area contributed by atoms with E-state index in [9.17, 15) is 23.5 Å². The van der Waals surface area contributed by atoms with Gasteiger partial charge in [0.2, 0.25) is 5.91 Å². The number of likely N-dealkylation sites (tertiary alicyclic amines) is 1. The summed E-state index contributed by atoms with van der Waals surface area (Å²) >= 11 is 0. The molecule has 0 spiro atoms. The molecule has 1 atom stereocenters. The van der Waals surface area contributed by atoms with E-state index < -0.39 is 23.6 Å². The number of carbonyl (C=O) groups is 2. The van der Waals surface area contributed by atoms with Crippen LogP contribution in [-0.2, 0) is 4.79 Å². The van der Waals surface area contributed by atoms with Crippen LogP contribution in [0.25, 0.3) is 0 Å². The van der Waals surface area contributed by atoms with Gasteiger partial charge in [-0.3, -0.25) is 9.59 Å². The van der Waals surface area contributed by atoms with Crippen LogP contribution in [0, 0.1) is 11.6 Å². The molecule has 0 aromatic heterocycles. The highest BCUT2D eigenvalue weighted by Gasteiger charge is 2.24. The molecule has 108 valence electrons. The van der Waals surface area contributed by atoms with Crippen LogP contribution >= 0.6 is 0 Å². The standard InChI is InChI=1S/C13H14F2N2O3/c14-8-1-2-10(11(15)5-8)13(20)16-6-12(19)17-4-3-9(18)7-17/h1-2,5,9,18H,3-4,6-7H2,(H,16,20)/t9-/m1/s1. The molecule has 0 bridgehead atoms. The zero-order valence-electron chi connectivity index (χ0n) is 10.6. The fraction of sp³-hybridized carbons (Fsp3) is 0.385. The van der Waals surface area contributed by atoms with Crippen LogP contribution in [0.5, 0.6) is 0 Å². The number of β-amino-alcohol motifs (C(OH)–C–C–N with tert-alkyl or cyclic N) is 1. The number of benzene rings is 1. The van der Waals surface area contributed by atoms with Crippen molar-refractivity contribution in [2.75, 3.05) is 19.6 Å². The van der Waals surface area contributed by atoms with Crippen molar-refractivity contribution in [3.8, 4) is 0 Å². The number of carbonyl (C=O) groups excluding carboxylic acids is 2. The summed E-state index contributed by atoms with van der Waals surface area (Å²) in [6, 6.07) is 2.59. The van der Waals surface area contributed by atoms with Crippen LogP contribution in [0.4, 0.5) is 8.78 Å². The number of aliphatic hydroxyl groups is 1. The van der Waals surface area contributed by atoms with E-state index in [1.165, 1.54) is 4.90 Å². The minimum absolute atomic E-state index is 0.236. The van der Waals surface area contributed by atoms with E-state index in [2.05, 4.69) is 5.32 Å². The number of nitrogens with zero attached hydrogens (tertiary/aromatic N) is 1. The third kappa shape index (κ3) is 3.30. The van der Waals surface area contributed by atoms with Crippen molar-refractivity contribution in [1.82, 2.24) is 10.2 Å². The first-order chi connectivity index (χ1) is 9.47. The van der Waals surface area contributed by atoms with Gasteiger partial charge in [0.25, 0.3) is 5.91 Å². The van der Waals surface area contributed by atoms with Gasteiger partial charge in [-0.25, -0.2) is 8.78 Å². The number of amides is 2. The van der Waals surface area contributed by atoms with Crippen molar-refractivity contribution >= 4 is 11.8 Å². The molecule has 2 amide bonds. The molecule has 1 aliphatic heterocycles. The molecule has 1 aromatic rings. The van der Waals surface area contributed by atoms with E-state index in [4.69, 9.17) is 0 Å². The molecule has 1 heterocycles. The highest BCUT2D eigenvalue weighted by molar-refractivity contribution is 5.96. The van der Waals surface area contributed by atoms with Crippen LogP contribution in [0.2, 0.25) is 0 Å². The molecule has 1 fully saturated rings. The van der Waals surface area contributed by atoms with Gasteiger partial charge in [0.1, 0.15) is 11.6 Å². The topological polar surface area (TPSA) is 69.6 Å². The molecule has 0 aliphatic carbocycles. The van der Waals surface area contributed by atoms with Crippen LogP contribution in [0.3, 0.4) is 0 Å². The first-order valence-corrected chi connectivity index (χ1v) is 6.16. The highest BCUT2D eigenvalue weighted by Crippen LogP contribution is 2.10. The number of hydrogen-bond donors (Lipinski definition) is 2. The molecular weight excluding hydrogens is 270 g/mol. The van der Waals surface area contributed by atoms with Gasteiger partial charge >= 0.3 is 0 Å². The smallest absolute Gasteiger partial charge is 0.254 e.